The Morgan fingerprint density at radius 3 is 2.96 bits per heavy atom. The van der Waals surface area contributed by atoms with Crippen LogP contribution in [-0.2, 0) is 6.42 Å². The molecule has 0 bridgehead atoms. The summed E-state index contributed by atoms with van der Waals surface area (Å²) in [6.45, 7) is 2.00. The van der Waals surface area contributed by atoms with Gasteiger partial charge >= 0.3 is 0 Å². The van der Waals surface area contributed by atoms with E-state index >= 15 is 0 Å². The normalized spacial score (nSPS) is 12.2. The van der Waals surface area contributed by atoms with Crippen LogP contribution in [0.3, 0.4) is 0 Å². The van der Waals surface area contributed by atoms with Gasteiger partial charge in [0.25, 0.3) is 11.6 Å². The molecule has 3 aromatic rings. The predicted octanol–water partition coefficient (Wildman–Crippen LogP) is 1.98. The molecule has 0 aliphatic rings. The fourth-order valence-corrected chi connectivity index (χ4v) is 2.25. The minimum atomic E-state index is -0.445. The summed E-state index contributed by atoms with van der Waals surface area (Å²) in [4.78, 5) is 19.2. The molecule has 0 saturated heterocycles. The van der Waals surface area contributed by atoms with E-state index in [1.165, 1.54) is 12.4 Å². The maximum absolute atomic E-state index is 11.4. The number of nitrogens with one attached hydrogen (secondary N) is 1. The summed E-state index contributed by atoms with van der Waals surface area (Å²) in [6.07, 6.45) is 5.32. The average molecular weight is 328 g/mol. The van der Waals surface area contributed by atoms with Crippen molar-refractivity contribution in [2.24, 2.45) is 0 Å². The van der Waals surface area contributed by atoms with E-state index in [4.69, 9.17) is 4.52 Å². The number of nitrogens with zero attached hydrogens (tertiary/aromatic N) is 5. The van der Waals surface area contributed by atoms with Crippen LogP contribution in [0.15, 0.2) is 41.4 Å². The zero-order valence-electron chi connectivity index (χ0n) is 13.2. The molecule has 0 radical (unpaired) electrons. The van der Waals surface area contributed by atoms with E-state index in [0.29, 0.717) is 23.5 Å². The monoisotopic (exact) mass is 328 g/mol. The molecule has 1 N–H and O–H groups in total. The lowest BCUT2D eigenvalue weighted by Crippen LogP contribution is -2.24. The Morgan fingerprint density at radius 2 is 2.29 bits per heavy atom. The standard InChI is InChI=1S/C15H16N6O3/c1-10(16-2)7-14-18-15(24-19-14)11-3-4-12(13(8-11)21(22)23)20-6-5-17-9-20/h3-6,8-10,16H,7H2,1-2H3. The number of imidazole rings is 1. The van der Waals surface area contributed by atoms with Crippen molar-refractivity contribution in [3.05, 3.63) is 52.9 Å². The third-order valence-corrected chi connectivity index (χ3v) is 3.65. The Bertz CT molecular complexity index is 843. The molecule has 0 aliphatic carbocycles. The highest BCUT2D eigenvalue weighted by molar-refractivity contribution is 5.64. The topological polar surface area (TPSA) is 112 Å². The minimum absolute atomic E-state index is 0.0613. The van der Waals surface area contributed by atoms with Crippen molar-refractivity contribution in [3.63, 3.8) is 0 Å². The molecule has 1 aromatic carbocycles. The second-order valence-electron chi connectivity index (χ2n) is 5.34. The molecule has 3 rings (SSSR count). The van der Waals surface area contributed by atoms with E-state index in [-0.39, 0.29) is 17.6 Å². The highest BCUT2D eigenvalue weighted by atomic mass is 16.6. The van der Waals surface area contributed by atoms with Gasteiger partial charge in [-0.25, -0.2) is 4.98 Å². The van der Waals surface area contributed by atoms with Gasteiger partial charge in [-0.3, -0.25) is 10.1 Å². The van der Waals surface area contributed by atoms with E-state index in [2.05, 4.69) is 20.4 Å². The van der Waals surface area contributed by atoms with Gasteiger partial charge in [0.1, 0.15) is 5.69 Å². The summed E-state index contributed by atoms with van der Waals surface area (Å²) in [6, 6.07) is 4.97. The van der Waals surface area contributed by atoms with Crippen molar-refractivity contribution >= 4 is 5.69 Å². The SMILES string of the molecule is CNC(C)Cc1noc(-c2ccc(-n3ccnc3)c([N+](=O)[O-])c2)n1. The Balaban J connectivity index is 1.95. The van der Waals surface area contributed by atoms with Crippen molar-refractivity contribution in [2.45, 2.75) is 19.4 Å². The van der Waals surface area contributed by atoms with Gasteiger partial charge in [0.05, 0.1) is 11.3 Å². The maximum Gasteiger partial charge on any atom is 0.294 e. The maximum atomic E-state index is 11.4. The largest absolute Gasteiger partial charge is 0.334 e. The predicted molar refractivity (Wildman–Crippen MR) is 85.7 cm³/mol. The second-order valence-corrected chi connectivity index (χ2v) is 5.34. The van der Waals surface area contributed by atoms with E-state index in [1.54, 1.807) is 29.1 Å². The molecule has 2 aromatic heterocycles. The molecule has 1 atom stereocenters. The first-order valence-electron chi connectivity index (χ1n) is 7.35. The summed E-state index contributed by atoms with van der Waals surface area (Å²) in [7, 11) is 1.85. The van der Waals surface area contributed by atoms with E-state index < -0.39 is 4.92 Å². The van der Waals surface area contributed by atoms with Crippen molar-refractivity contribution in [3.8, 4) is 17.1 Å². The van der Waals surface area contributed by atoms with Crippen LogP contribution in [0.25, 0.3) is 17.1 Å². The quantitative estimate of drug-likeness (QED) is 0.544. The number of nitro groups is 1. The number of rotatable bonds is 6. The van der Waals surface area contributed by atoms with Crippen LogP contribution in [0.4, 0.5) is 5.69 Å². The van der Waals surface area contributed by atoms with Crippen LogP contribution in [0.1, 0.15) is 12.7 Å². The van der Waals surface area contributed by atoms with Crippen molar-refractivity contribution in [2.75, 3.05) is 7.05 Å². The Hall–Kier alpha value is -3.07. The van der Waals surface area contributed by atoms with Crippen LogP contribution >= 0.6 is 0 Å². The molecular weight excluding hydrogens is 312 g/mol. The summed E-state index contributed by atoms with van der Waals surface area (Å²) in [5, 5.41) is 18.4. The Kier molecular flexibility index (Phi) is 4.34. The lowest BCUT2D eigenvalue weighted by Gasteiger charge is -2.05. The molecule has 9 nitrogen and oxygen atoms in total. The third kappa shape index (κ3) is 3.15. The van der Waals surface area contributed by atoms with Crippen LogP contribution in [0, 0.1) is 10.1 Å². The molecule has 0 spiro atoms. The van der Waals surface area contributed by atoms with Gasteiger partial charge in [-0.1, -0.05) is 5.16 Å². The molecule has 124 valence electrons. The molecule has 0 fully saturated rings. The Morgan fingerprint density at radius 1 is 1.46 bits per heavy atom. The van der Waals surface area contributed by atoms with Gasteiger partial charge in [-0.05, 0) is 26.1 Å². The lowest BCUT2D eigenvalue weighted by molar-refractivity contribution is -0.384. The number of nitro benzene ring substituents is 1. The first-order chi connectivity index (χ1) is 11.6. The highest BCUT2D eigenvalue weighted by Gasteiger charge is 2.19. The molecule has 9 heteroatoms. The molecule has 0 aliphatic heterocycles. The molecule has 1 unspecified atom stereocenters. The minimum Gasteiger partial charge on any atom is -0.334 e. The average Bonchev–Trinajstić information content (AvgIpc) is 3.26. The van der Waals surface area contributed by atoms with Crippen LogP contribution < -0.4 is 5.32 Å². The van der Waals surface area contributed by atoms with Crippen LogP contribution in [0.5, 0.6) is 0 Å². The number of hydrogen-bond donors (Lipinski definition) is 1. The molecular formula is C15H16N6O3. The highest BCUT2D eigenvalue weighted by Crippen LogP contribution is 2.28. The van der Waals surface area contributed by atoms with Gasteiger partial charge in [-0.15, -0.1) is 0 Å². The van der Waals surface area contributed by atoms with E-state index in [0.717, 1.165) is 0 Å². The zero-order valence-corrected chi connectivity index (χ0v) is 13.2. The van der Waals surface area contributed by atoms with Crippen molar-refractivity contribution in [1.29, 1.82) is 0 Å². The summed E-state index contributed by atoms with van der Waals surface area (Å²) >= 11 is 0. The number of hydrogen-bond acceptors (Lipinski definition) is 7. The molecule has 24 heavy (non-hydrogen) atoms. The van der Waals surface area contributed by atoms with Crippen LogP contribution in [0.2, 0.25) is 0 Å². The van der Waals surface area contributed by atoms with Crippen LogP contribution in [-0.4, -0.2) is 37.7 Å². The molecule has 2 heterocycles. The fourth-order valence-electron chi connectivity index (χ4n) is 2.25. The smallest absolute Gasteiger partial charge is 0.294 e. The van der Waals surface area contributed by atoms with Gasteiger partial charge in [0.15, 0.2) is 5.82 Å². The Labute approximate surface area is 137 Å². The summed E-state index contributed by atoms with van der Waals surface area (Å²) < 4.78 is 6.81. The number of aromatic nitrogens is 4. The first kappa shape index (κ1) is 15.8. The van der Waals surface area contributed by atoms with E-state index in [1.807, 2.05) is 14.0 Å². The van der Waals surface area contributed by atoms with Crippen molar-refractivity contribution in [1.82, 2.24) is 25.0 Å². The lowest BCUT2D eigenvalue weighted by atomic mass is 10.1. The fraction of sp³-hybridized carbons (Fsp3) is 0.267. The van der Waals surface area contributed by atoms with E-state index in [9.17, 15) is 10.1 Å². The number of likely N-dealkylation sites (N-methyl/N-ethyl adjacent to an activating group) is 1. The second kappa shape index (κ2) is 6.59. The van der Waals surface area contributed by atoms with Gasteiger partial charge in [0, 0.05) is 36.5 Å². The van der Waals surface area contributed by atoms with Crippen molar-refractivity contribution < 1.29 is 9.45 Å². The van der Waals surface area contributed by atoms with Gasteiger partial charge in [0.2, 0.25) is 0 Å². The number of benzene rings is 1. The third-order valence-electron chi connectivity index (χ3n) is 3.65. The van der Waals surface area contributed by atoms with Gasteiger partial charge in [-0.2, -0.15) is 4.98 Å². The molecule has 0 amide bonds. The first-order valence-corrected chi connectivity index (χ1v) is 7.35. The van der Waals surface area contributed by atoms with Gasteiger partial charge < -0.3 is 14.4 Å². The zero-order chi connectivity index (χ0) is 17.1. The molecule has 0 saturated carbocycles. The summed E-state index contributed by atoms with van der Waals surface area (Å²) in [5.74, 6) is 0.807. The summed E-state index contributed by atoms with van der Waals surface area (Å²) in [5.41, 5.74) is 0.861.